The topological polar surface area (TPSA) is 62.4 Å². The Kier molecular flexibility index (Phi) is 6.07. The second-order valence-electron chi connectivity index (χ2n) is 6.29. The number of benzene rings is 2. The molecule has 3 N–H and O–H groups in total. The Balaban J connectivity index is 1.43. The smallest absolute Gasteiger partial charge is 0.279 e. The Bertz CT molecular complexity index is 752. The van der Waals surface area contributed by atoms with Crippen LogP contribution in [-0.2, 0) is 17.6 Å². The largest absolute Gasteiger partial charge is 0.480 e. The van der Waals surface area contributed by atoms with E-state index in [9.17, 15) is 4.79 Å². The summed E-state index contributed by atoms with van der Waals surface area (Å²) in [5, 5.41) is 3.38. The highest BCUT2D eigenvalue weighted by atomic mass is 32.1. The standard InChI is InChI=1S/C20H23N3O2S/c1-2-3-6-14-9-11-16(12-10-14)21-20(26)23-22-19(24)18-13-15-7-4-5-8-17(15)25-18/h4-5,7-12,18H,2-3,6,13H2,1H3,(H,22,24)(H2,21,23,26)/t18-/m1/s1. The summed E-state index contributed by atoms with van der Waals surface area (Å²) >= 11 is 5.22. The van der Waals surface area contributed by atoms with Crippen LogP contribution in [0.5, 0.6) is 5.75 Å². The Morgan fingerprint density at radius 3 is 2.65 bits per heavy atom. The van der Waals surface area contributed by atoms with Crippen LogP contribution in [0.4, 0.5) is 5.69 Å². The highest BCUT2D eigenvalue weighted by molar-refractivity contribution is 7.80. The fraction of sp³-hybridized carbons (Fsp3) is 0.300. The molecule has 1 amide bonds. The number of carbonyl (C=O) groups excluding carboxylic acids is 1. The number of amides is 1. The summed E-state index contributed by atoms with van der Waals surface area (Å²) < 4.78 is 5.65. The summed E-state index contributed by atoms with van der Waals surface area (Å²) in [7, 11) is 0. The van der Waals surface area contributed by atoms with Gasteiger partial charge in [0.05, 0.1) is 0 Å². The van der Waals surface area contributed by atoms with Gasteiger partial charge in [0.25, 0.3) is 5.91 Å². The number of ether oxygens (including phenoxy) is 1. The summed E-state index contributed by atoms with van der Waals surface area (Å²) in [5.41, 5.74) is 8.55. The van der Waals surface area contributed by atoms with Crippen molar-refractivity contribution in [1.29, 1.82) is 0 Å². The molecule has 1 heterocycles. The van der Waals surface area contributed by atoms with E-state index in [1.807, 2.05) is 36.4 Å². The molecule has 0 fully saturated rings. The molecule has 0 bridgehead atoms. The van der Waals surface area contributed by atoms with Gasteiger partial charge in [-0.1, -0.05) is 43.7 Å². The van der Waals surface area contributed by atoms with E-state index in [1.54, 1.807) is 0 Å². The number of hydrogen-bond acceptors (Lipinski definition) is 3. The molecule has 0 radical (unpaired) electrons. The lowest BCUT2D eigenvalue weighted by molar-refractivity contribution is -0.127. The number of thiocarbonyl (C=S) groups is 1. The Hall–Kier alpha value is -2.60. The Morgan fingerprint density at radius 1 is 1.15 bits per heavy atom. The molecule has 26 heavy (non-hydrogen) atoms. The molecule has 3 rings (SSSR count). The van der Waals surface area contributed by atoms with Crippen molar-refractivity contribution in [3.63, 3.8) is 0 Å². The number of nitrogens with one attached hydrogen (secondary N) is 3. The highest BCUT2D eigenvalue weighted by Crippen LogP contribution is 2.27. The zero-order chi connectivity index (χ0) is 18.4. The number of fused-ring (bicyclic) bond motifs is 1. The van der Waals surface area contributed by atoms with E-state index in [1.165, 1.54) is 18.4 Å². The molecule has 1 aliphatic heterocycles. The lowest BCUT2D eigenvalue weighted by Gasteiger charge is -2.14. The average molecular weight is 369 g/mol. The SMILES string of the molecule is CCCCc1ccc(NC(=S)NNC(=O)[C@H]2Cc3ccccc3O2)cc1. The lowest BCUT2D eigenvalue weighted by Crippen LogP contribution is -2.49. The summed E-state index contributed by atoms with van der Waals surface area (Å²) in [4.78, 5) is 12.2. The third-order valence-electron chi connectivity index (χ3n) is 4.27. The van der Waals surface area contributed by atoms with E-state index in [4.69, 9.17) is 17.0 Å². The second kappa shape index (κ2) is 8.67. The van der Waals surface area contributed by atoms with Gasteiger partial charge in [-0.25, -0.2) is 0 Å². The zero-order valence-electron chi connectivity index (χ0n) is 14.7. The first-order valence-electron chi connectivity index (χ1n) is 8.86. The van der Waals surface area contributed by atoms with Crippen LogP contribution in [-0.4, -0.2) is 17.1 Å². The Labute approximate surface area is 159 Å². The molecule has 0 unspecified atom stereocenters. The van der Waals surface area contributed by atoms with E-state index < -0.39 is 6.10 Å². The molecule has 0 aromatic heterocycles. The van der Waals surface area contributed by atoms with Crippen LogP contribution in [0, 0.1) is 0 Å². The predicted molar refractivity (Wildman–Crippen MR) is 107 cm³/mol. The lowest BCUT2D eigenvalue weighted by atomic mass is 10.1. The van der Waals surface area contributed by atoms with Crippen LogP contribution in [0.3, 0.4) is 0 Å². The van der Waals surface area contributed by atoms with Gasteiger partial charge in [0, 0.05) is 12.1 Å². The van der Waals surface area contributed by atoms with Crippen LogP contribution in [0.2, 0.25) is 0 Å². The number of hydrazine groups is 1. The first-order valence-corrected chi connectivity index (χ1v) is 9.27. The molecule has 0 saturated carbocycles. The molecule has 5 nitrogen and oxygen atoms in total. The van der Waals surface area contributed by atoms with E-state index >= 15 is 0 Å². The van der Waals surface area contributed by atoms with Crippen LogP contribution in [0.1, 0.15) is 30.9 Å². The molecular formula is C20H23N3O2S. The number of para-hydroxylation sites is 1. The van der Waals surface area contributed by atoms with Crippen molar-refractivity contribution in [1.82, 2.24) is 10.9 Å². The van der Waals surface area contributed by atoms with Crippen molar-refractivity contribution in [2.75, 3.05) is 5.32 Å². The van der Waals surface area contributed by atoms with Gasteiger partial charge in [-0.2, -0.15) is 0 Å². The summed E-state index contributed by atoms with van der Waals surface area (Å²) in [5.74, 6) is 0.511. The molecular weight excluding hydrogens is 346 g/mol. The van der Waals surface area contributed by atoms with Crippen LogP contribution in [0.25, 0.3) is 0 Å². The summed E-state index contributed by atoms with van der Waals surface area (Å²) in [6.07, 6.45) is 3.47. The monoisotopic (exact) mass is 369 g/mol. The Morgan fingerprint density at radius 2 is 1.92 bits per heavy atom. The van der Waals surface area contributed by atoms with Gasteiger partial charge in [-0.05, 0) is 54.4 Å². The summed E-state index contributed by atoms with van der Waals surface area (Å²) in [6, 6.07) is 15.8. The van der Waals surface area contributed by atoms with E-state index in [2.05, 4.69) is 35.2 Å². The van der Waals surface area contributed by atoms with Gasteiger partial charge >= 0.3 is 0 Å². The van der Waals surface area contributed by atoms with Gasteiger partial charge in [-0.3, -0.25) is 15.6 Å². The van der Waals surface area contributed by atoms with E-state index in [0.29, 0.717) is 11.5 Å². The maximum absolute atomic E-state index is 12.2. The molecule has 2 aromatic rings. The van der Waals surface area contributed by atoms with Crippen molar-refractivity contribution < 1.29 is 9.53 Å². The minimum Gasteiger partial charge on any atom is -0.480 e. The normalized spacial score (nSPS) is 14.9. The van der Waals surface area contributed by atoms with Gasteiger partial charge in [-0.15, -0.1) is 0 Å². The number of aryl methyl sites for hydroxylation is 1. The third kappa shape index (κ3) is 4.73. The molecule has 1 atom stereocenters. The number of hydrogen-bond donors (Lipinski definition) is 3. The highest BCUT2D eigenvalue weighted by Gasteiger charge is 2.28. The second-order valence-corrected chi connectivity index (χ2v) is 6.70. The van der Waals surface area contributed by atoms with E-state index in [0.717, 1.165) is 23.4 Å². The molecule has 0 aliphatic carbocycles. The van der Waals surface area contributed by atoms with Crippen LogP contribution < -0.4 is 20.9 Å². The maximum Gasteiger partial charge on any atom is 0.279 e. The molecule has 0 saturated heterocycles. The molecule has 0 spiro atoms. The first-order chi connectivity index (χ1) is 12.7. The maximum atomic E-state index is 12.2. The number of unbranched alkanes of at least 4 members (excludes halogenated alkanes) is 1. The number of rotatable bonds is 5. The van der Waals surface area contributed by atoms with Crippen LogP contribution in [0.15, 0.2) is 48.5 Å². The third-order valence-corrected chi connectivity index (χ3v) is 4.47. The van der Waals surface area contributed by atoms with Crippen molar-refractivity contribution in [3.05, 3.63) is 59.7 Å². The van der Waals surface area contributed by atoms with Gasteiger partial charge in [0.1, 0.15) is 5.75 Å². The minimum atomic E-state index is -0.541. The fourth-order valence-electron chi connectivity index (χ4n) is 2.83. The van der Waals surface area contributed by atoms with Crippen LogP contribution >= 0.6 is 12.2 Å². The fourth-order valence-corrected chi connectivity index (χ4v) is 2.99. The van der Waals surface area contributed by atoms with Crippen molar-refractivity contribution >= 4 is 28.9 Å². The first kappa shape index (κ1) is 18.2. The van der Waals surface area contributed by atoms with Gasteiger partial charge in [0.2, 0.25) is 0 Å². The van der Waals surface area contributed by atoms with Gasteiger partial charge in [0.15, 0.2) is 11.2 Å². The number of carbonyl (C=O) groups is 1. The predicted octanol–water partition coefficient (Wildman–Crippen LogP) is 3.35. The van der Waals surface area contributed by atoms with Crippen molar-refractivity contribution in [2.24, 2.45) is 0 Å². The van der Waals surface area contributed by atoms with E-state index in [-0.39, 0.29) is 5.91 Å². The van der Waals surface area contributed by atoms with Crippen molar-refractivity contribution in [2.45, 2.75) is 38.7 Å². The summed E-state index contributed by atoms with van der Waals surface area (Å²) in [6.45, 7) is 2.18. The number of anilines is 1. The molecule has 2 aromatic carbocycles. The molecule has 136 valence electrons. The van der Waals surface area contributed by atoms with Crippen molar-refractivity contribution in [3.8, 4) is 5.75 Å². The molecule has 1 aliphatic rings. The zero-order valence-corrected chi connectivity index (χ0v) is 15.6. The molecule has 6 heteroatoms. The average Bonchev–Trinajstić information content (AvgIpc) is 3.10. The van der Waals surface area contributed by atoms with Gasteiger partial charge < -0.3 is 10.1 Å². The quantitative estimate of drug-likeness (QED) is 0.557. The minimum absolute atomic E-state index is 0.250.